The highest BCUT2D eigenvalue weighted by Gasteiger charge is 2.30. The van der Waals surface area contributed by atoms with Crippen molar-refractivity contribution < 1.29 is 9.59 Å². The average molecular weight is 351 g/mol. The first kappa shape index (κ1) is 16.0. The second kappa shape index (κ2) is 6.43. The number of nitrogens with zero attached hydrogens (tertiary/aromatic N) is 6. The molecule has 2 amide bonds. The van der Waals surface area contributed by atoms with Crippen molar-refractivity contribution in [2.24, 2.45) is 5.73 Å². The molecule has 9 nitrogen and oxygen atoms in total. The van der Waals surface area contributed by atoms with Crippen molar-refractivity contribution in [2.75, 3.05) is 13.1 Å². The van der Waals surface area contributed by atoms with Crippen molar-refractivity contribution in [3.05, 3.63) is 60.2 Å². The summed E-state index contributed by atoms with van der Waals surface area (Å²) < 4.78 is 1.69. The molecule has 0 bridgehead atoms. The number of hydrogen-bond donors (Lipinski definition) is 1. The molecule has 1 aromatic carbocycles. The quantitative estimate of drug-likeness (QED) is 0.742. The molecule has 0 aliphatic carbocycles. The van der Waals surface area contributed by atoms with E-state index in [1.807, 2.05) is 30.3 Å². The number of aromatic nitrogens is 5. The van der Waals surface area contributed by atoms with Crippen LogP contribution in [0.3, 0.4) is 0 Å². The van der Waals surface area contributed by atoms with E-state index in [0.717, 1.165) is 12.1 Å². The molecule has 2 N–H and O–H groups in total. The van der Waals surface area contributed by atoms with Gasteiger partial charge in [-0.3, -0.25) is 14.3 Å². The summed E-state index contributed by atoms with van der Waals surface area (Å²) in [6, 6.07) is 9.42. The number of hydrogen-bond acceptors (Lipinski definition) is 5. The number of nitrogens with two attached hydrogens (primary N) is 1. The monoisotopic (exact) mass is 351 g/mol. The minimum absolute atomic E-state index is 0.0104. The van der Waals surface area contributed by atoms with Crippen LogP contribution in [-0.4, -0.2) is 54.6 Å². The molecule has 1 fully saturated rings. The van der Waals surface area contributed by atoms with E-state index in [1.165, 1.54) is 17.2 Å². The third kappa shape index (κ3) is 2.94. The fourth-order valence-corrected chi connectivity index (χ4v) is 3.02. The molecule has 0 radical (unpaired) electrons. The van der Waals surface area contributed by atoms with Gasteiger partial charge in [0.2, 0.25) is 0 Å². The first-order chi connectivity index (χ1) is 12.6. The van der Waals surface area contributed by atoms with Crippen molar-refractivity contribution in [3.8, 4) is 5.69 Å². The number of rotatable bonds is 4. The van der Waals surface area contributed by atoms with Crippen molar-refractivity contribution in [2.45, 2.75) is 12.5 Å². The Hall–Kier alpha value is -3.49. The number of primary amides is 1. The Kier molecular flexibility index (Phi) is 3.96. The minimum atomic E-state index is -0.514. The summed E-state index contributed by atoms with van der Waals surface area (Å²) in [6.45, 7) is 1.09. The minimum Gasteiger partial charge on any atom is -0.366 e. The lowest BCUT2D eigenvalue weighted by atomic mass is 10.2. The number of benzene rings is 1. The molecule has 132 valence electrons. The highest BCUT2D eigenvalue weighted by molar-refractivity contribution is 5.92. The Balaban J connectivity index is 1.46. The zero-order valence-electron chi connectivity index (χ0n) is 13.9. The predicted molar refractivity (Wildman–Crippen MR) is 91.7 cm³/mol. The summed E-state index contributed by atoms with van der Waals surface area (Å²) >= 11 is 0. The van der Waals surface area contributed by atoms with E-state index in [-0.39, 0.29) is 11.9 Å². The van der Waals surface area contributed by atoms with Crippen LogP contribution in [0, 0.1) is 0 Å². The van der Waals surface area contributed by atoms with E-state index >= 15 is 0 Å². The molecular weight excluding hydrogens is 334 g/mol. The van der Waals surface area contributed by atoms with E-state index in [0.29, 0.717) is 24.3 Å². The van der Waals surface area contributed by atoms with Crippen LogP contribution >= 0.6 is 0 Å². The van der Waals surface area contributed by atoms with Gasteiger partial charge in [-0.15, -0.1) is 5.10 Å². The lowest BCUT2D eigenvalue weighted by molar-refractivity contribution is 0.0780. The normalized spacial score (nSPS) is 16.8. The smallest absolute Gasteiger partial charge is 0.276 e. The van der Waals surface area contributed by atoms with Crippen LogP contribution in [0.2, 0.25) is 0 Å². The molecule has 0 saturated carbocycles. The SMILES string of the molecule is NC(=O)c1cnn(C2CCN(C(=O)c3cnn(-c4ccccc4)n3)C2)c1. The predicted octanol–water partition coefficient (Wildman–Crippen LogP) is 0.650. The van der Waals surface area contributed by atoms with Gasteiger partial charge in [-0.25, -0.2) is 0 Å². The highest BCUT2D eigenvalue weighted by atomic mass is 16.2. The van der Waals surface area contributed by atoms with Gasteiger partial charge in [0.15, 0.2) is 5.69 Å². The largest absolute Gasteiger partial charge is 0.366 e. The van der Waals surface area contributed by atoms with Crippen LogP contribution in [0.5, 0.6) is 0 Å². The van der Waals surface area contributed by atoms with Crippen LogP contribution in [0.1, 0.15) is 33.3 Å². The van der Waals surface area contributed by atoms with E-state index < -0.39 is 5.91 Å². The van der Waals surface area contributed by atoms with Gasteiger partial charge in [0.05, 0.1) is 29.7 Å². The lowest BCUT2D eigenvalue weighted by Crippen LogP contribution is -2.29. The third-order valence-corrected chi connectivity index (χ3v) is 4.41. The van der Waals surface area contributed by atoms with E-state index in [2.05, 4.69) is 15.3 Å². The first-order valence-electron chi connectivity index (χ1n) is 8.23. The molecule has 0 spiro atoms. The molecule has 1 aliphatic rings. The van der Waals surface area contributed by atoms with Gasteiger partial charge in [0.25, 0.3) is 11.8 Å². The summed E-state index contributed by atoms with van der Waals surface area (Å²) in [6.07, 6.45) is 5.28. The first-order valence-corrected chi connectivity index (χ1v) is 8.23. The lowest BCUT2D eigenvalue weighted by Gasteiger charge is -2.15. The highest BCUT2D eigenvalue weighted by Crippen LogP contribution is 2.22. The zero-order chi connectivity index (χ0) is 18.1. The molecule has 26 heavy (non-hydrogen) atoms. The third-order valence-electron chi connectivity index (χ3n) is 4.41. The Morgan fingerprint density at radius 1 is 1.12 bits per heavy atom. The van der Waals surface area contributed by atoms with E-state index in [4.69, 9.17) is 5.73 Å². The zero-order valence-corrected chi connectivity index (χ0v) is 13.9. The second-order valence-corrected chi connectivity index (χ2v) is 6.12. The van der Waals surface area contributed by atoms with Gasteiger partial charge in [-0.2, -0.15) is 15.0 Å². The number of amides is 2. The fourth-order valence-electron chi connectivity index (χ4n) is 3.02. The molecule has 9 heteroatoms. The van der Waals surface area contributed by atoms with Gasteiger partial charge in [0, 0.05) is 19.3 Å². The second-order valence-electron chi connectivity index (χ2n) is 6.12. The molecule has 1 aliphatic heterocycles. The maximum Gasteiger partial charge on any atom is 0.276 e. The number of likely N-dealkylation sites (tertiary alicyclic amines) is 1. The summed E-state index contributed by atoms with van der Waals surface area (Å²) in [5.74, 6) is -0.684. The van der Waals surface area contributed by atoms with Crippen LogP contribution in [-0.2, 0) is 0 Å². The summed E-state index contributed by atoms with van der Waals surface area (Å²) in [4.78, 5) is 27.0. The van der Waals surface area contributed by atoms with Gasteiger partial charge >= 0.3 is 0 Å². The molecule has 1 saturated heterocycles. The van der Waals surface area contributed by atoms with Gasteiger partial charge in [-0.1, -0.05) is 18.2 Å². The van der Waals surface area contributed by atoms with Crippen LogP contribution in [0.4, 0.5) is 0 Å². The number of para-hydroxylation sites is 1. The molecule has 4 rings (SSSR count). The van der Waals surface area contributed by atoms with Gasteiger partial charge in [0.1, 0.15) is 0 Å². The summed E-state index contributed by atoms with van der Waals surface area (Å²) in [5, 5.41) is 12.6. The number of carbonyl (C=O) groups excluding carboxylic acids is 2. The van der Waals surface area contributed by atoms with E-state index in [9.17, 15) is 9.59 Å². The standard InChI is InChI=1S/C17H17N7O2/c18-16(25)12-8-19-23(10-12)14-6-7-22(11-14)17(26)15-9-20-24(21-15)13-4-2-1-3-5-13/h1-5,8-10,14H,6-7,11H2,(H2,18,25). The molecular formula is C17H17N7O2. The van der Waals surface area contributed by atoms with Crippen LogP contribution in [0.25, 0.3) is 5.69 Å². The van der Waals surface area contributed by atoms with E-state index in [1.54, 1.807) is 15.8 Å². The number of carbonyl (C=O) groups is 2. The fraction of sp³-hybridized carbons (Fsp3) is 0.235. The summed E-state index contributed by atoms with van der Waals surface area (Å²) in [5.41, 5.74) is 6.71. The van der Waals surface area contributed by atoms with Crippen molar-refractivity contribution in [3.63, 3.8) is 0 Å². The Morgan fingerprint density at radius 3 is 2.65 bits per heavy atom. The van der Waals surface area contributed by atoms with Crippen molar-refractivity contribution in [1.82, 2.24) is 29.7 Å². The van der Waals surface area contributed by atoms with Crippen LogP contribution in [0.15, 0.2) is 48.9 Å². The Labute approximate surface area is 149 Å². The molecule has 3 aromatic rings. The Bertz CT molecular complexity index is 947. The molecule has 1 unspecified atom stereocenters. The molecule has 1 atom stereocenters. The van der Waals surface area contributed by atoms with Crippen molar-refractivity contribution in [1.29, 1.82) is 0 Å². The van der Waals surface area contributed by atoms with Crippen LogP contribution < -0.4 is 5.73 Å². The maximum absolute atomic E-state index is 12.7. The molecule has 3 heterocycles. The van der Waals surface area contributed by atoms with Gasteiger partial charge in [-0.05, 0) is 18.6 Å². The average Bonchev–Trinajstić information content (AvgIpc) is 3.41. The molecule has 2 aromatic heterocycles. The Morgan fingerprint density at radius 2 is 1.92 bits per heavy atom. The summed E-state index contributed by atoms with van der Waals surface area (Å²) in [7, 11) is 0. The topological polar surface area (TPSA) is 112 Å². The van der Waals surface area contributed by atoms with Crippen molar-refractivity contribution >= 4 is 11.8 Å². The van der Waals surface area contributed by atoms with Gasteiger partial charge < -0.3 is 10.6 Å². The maximum atomic E-state index is 12.7.